The number of amides is 1. The lowest BCUT2D eigenvalue weighted by Crippen LogP contribution is -2.37. The summed E-state index contributed by atoms with van der Waals surface area (Å²) in [5.74, 6) is -0.116. The smallest absolute Gasteiger partial charge is 0.376 e. The first-order chi connectivity index (χ1) is 8.71. The Morgan fingerprint density at radius 3 is 2.21 bits per heavy atom. The molecular formula is C13H17F3N2O. The molecule has 0 aliphatic heterocycles. The third kappa shape index (κ3) is 4.46. The van der Waals surface area contributed by atoms with E-state index in [0.717, 1.165) is 12.1 Å². The van der Waals surface area contributed by atoms with Crippen LogP contribution in [-0.4, -0.2) is 30.4 Å². The van der Waals surface area contributed by atoms with Crippen LogP contribution in [0, 0.1) is 0 Å². The molecule has 1 aromatic rings. The Kier molecular flexibility index (Phi) is 4.80. The van der Waals surface area contributed by atoms with Crippen molar-refractivity contribution in [2.75, 3.05) is 18.9 Å². The van der Waals surface area contributed by atoms with Crippen LogP contribution in [-0.2, 0) is 11.0 Å². The summed E-state index contributed by atoms with van der Waals surface area (Å²) in [5.41, 5.74) is -0.220. The van der Waals surface area contributed by atoms with Gasteiger partial charge in [0.25, 0.3) is 0 Å². The van der Waals surface area contributed by atoms with E-state index in [0.29, 0.717) is 5.69 Å². The molecular weight excluding hydrogens is 257 g/mol. The van der Waals surface area contributed by atoms with E-state index in [1.54, 1.807) is 11.9 Å². The minimum absolute atomic E-state index is 0.0556. The molecule has 0 fully saturated rings. The summed E-state index contributed by atoms with van der Waals surface area (Å²) in [4.78, 5) is 13.2. The molecule has 6 heteroatoms. The Balaban J connectivity index is 2.58. The SMILES string of the molecule is CC(C)N(C)C(=O)CNc1ccc(C(F)(F)F)cc1. The van der Waals surface area contributed by atoms with Crippen LogP contribution in [0.1, 0.15) is 19.4 Å². The molecule has 3 nitrogen and oxygen atoms in total. The number of hydrogen-bond donors (Lipinski definition) is 1. The van der Waals surface area contributed by atoms with Crippen molar-refractivity contribution in [3.63, 3.8) is 0 Å². The summed E-state index contributed by atoms with van der Waals surface area (Å²) in [6.45, 7) is 3.83. The highest BCUT2D eigenvalue weighted by molar-refractivity contribution is 5.80. The van der Waals surface area contributed by atoms with Gasteiger partial charge in [0, 0.05) is 18.8 Å². The summed E-state index contributed by atoms with van der Waals surface area (Å²) in [6.07, 6.45) is -4.34. The van der Waals surface area contributed by atoms with E-state index in [1.165, 1.54) is 12.1 Å². The highest BCUT2D eigenvalue weighted by atomic mass is 19.4. The van der Waals surface area contributed by atoms with Crippen molar-refractivity contribution in [1.82, 2.24) is 4.90 Å². The lowest BCUT2D eigenvalue weighted by Gasteiger charge is -2.21. The molecule has 19 heavy (non-hydrogen) atoms. The molecule has 0 aliphatic carbocycles. The van der Waals surface area contributed by atoms with Gasteiger partial charge in [0.15, 0.2) is 0 Å². The van der Waals surface area contributed by atoms with Gasteiger partial charge in [-0.15, -0.1) is 0 Å². The van der Waals surface area contributed by atoms with Crippen LogP contribution in [0.5, 0.6) is 0 Å². The predicted molar refractivity (Wildman–Crippen MR) is 67.8 cm³/mol. The van der Waals surface area contributed by atoms with Crippen LogP contribution in [0.2, 0.25) is 0 Å². The van der Waals surface area contributed by atoms with E-state index in [-0.39, 0.29) is 18.5 Å². The second-order valence-corrected chi connectivity index (χ2v) is 4.53. The quantitative estimate of drug-likeness (QED) is 0.915. The minimum Gasteiger partial charge on any atom is -0.376 e. The number of hydrogen-bond acceptors (Lipinski definition) is 2. The Labute approximate surface area is 110 Å². The molecule has 0 spiro atoms. The second kappa shape index (κ2) is 5.95. The molecule has 0 radical (unpaired) electrons. The number of nitrogens with one attached hydrogen (secondary N) is 1. The van der Waals surface area contributed by atoms with Gasteiger partial charge in [0.2, 0.25) is 5.91 Å². The predicted octanol–water partition coefficient (Wildman–Crippen LogP) is 2.98. The molecule has 0 unspecified atom stereocenters. The first-order valence-corrected chi connectivity index (χ1v) is 5.88. The number of halogens is 3. The third-order valence-electron chi connectivity index (χ3n) is 2.82. The Bertz CT molecular complexity index is 427. The van der Waals surface area contributed by atoms with Gasteiger partial charge < -0.3 is 10.2 Å². The highest BCUT2D eigenvalue weighted by Gasteiger charge is 2.29. The van der Waals surface area contributed by atoms with Gasteiger partial charge in [-0.25, -0.2) is 0 Å². The van der Waals surface area contributed by atoms with Crippen molar-refractivity contribution in [2.24, 2.45) is 0 Å². The Hall–Kier alpha value is -1.72. The van der Waals surface area contributed by atoms with E-state index in [9.17, 15) is 18.0 Å². The summed E-state index contributed by atoms with van der Waals surface area (Å²) in [7, 11) is 1.68. The molecule has 0 saturated heterocycles. The zero-order valence-electron chi connectivity index (χ0n) is 11.1. The Morgan fingerprint density at radius 2 is 1.79 bits per heavy atom. The zero-order valence-corrected chi connectivity index (χ0v) is 11.1. The molecule has 106 valence electrons. The normalized spacial score (nSPS) is 11.5. The number of rotatable bonds is 4. The molecule has 1 rings (SSSR count). The second-order valence-electron chi connectivity index (χ2n) is 4.53. The standard InChI is InChI=1S/C13H17F3N2O/c1-9(2)18(3)12(19)8-17-11-6-4-10(5-7-11)13(14,15)16/h4-7,9,17H,8H2,1-3H3. The number of nitrogens with zero attached hydrogens (tertiary/aromatic N) is 1. The lowest BCUT2D eigenvalue weighted by molar-refractivity contribution is -0.137. The fourth-order valence-corrected chi connectivity index (χ4v) is 1.37. The Morgan fingerprint density at radius 1 is 1.26 bits per heavy atom. The first kappa shape index (κ1) is 15.3. The van der Waals surface area contributed by atoms with Crippen molar-refractivity contribution in [3.05, 3.63) is 29.8 Å². The lowest BCUT2D eigenvalue weighted by atomic mass is 10.2. The maximum atomic E-state index is 12.3. The molecule has 1 amide bonds. The summed E-state index contributed by atoms with van der Waals surface area (Å²) < 4.78 is 37.0. The highest BCUT2D eigenvalue weighted by Crippen LogP contribution is 2.29. The van der Waals surface area contributed by atoms with Crippen molar-refractivity contribution in [1.29, 1.82) is 0 Å². The van der Waals surface area contributed by atoms with E-state index in [4.69, 9.17) is 0 Å². The number of benzene rings is 1. The zero-order chi connectivity index (χ0) is 14.6. The van der Waals surface area contributed by atoms with Gasteiger partial charge in [-0.2, -0.15) is 13.2 Å². The first-order valence-electron chi connectivity index (χ1n) is 5.88. The van der Waals surface area contributed by atoms with Crippen molar-refractivity contribution in [2.45, 2.75) is 26.1 Å². The van der Waals surface area contributed by atoms with Crippen LogP contribution in [0.3, 0.4) is 0 Å². The maximum Gasteiger partial charge on any atom is 0.416 e. The fraction of sp³-hybridized carbons (Fsp3) is 0.462. The molecule has 0 aromatic heterocycles. The molecule has 0 saturated carbocycles. The number of carbonyl (C=O) groups excluding carboxylic acids is 1. The molecule has 0 heterocycles. The van der Waals surface area contributed by atoms with Crippen molar-refractivity contribution in [3.8, 4) is 0 Å². The molecule has 1 N–H and O–H groups in total. The van der Waals surface area contributed by atoms with E-state index in [2.05, 4.69) is 5.32 Å². The molecule has 0 bridgehead atoms. The van der Waals surface area contributed by atoms with E-state index in [1.807, 2.05) is 13.8 Å². The summed E-state index contributed by atoms with van der Waals surface area (Å²) in [5, 5.41) is 2.80. The number of anilines is 1. The monoisotopic (exact) mass is 274 g/mol. The summed E-state index contributed by atoms with van der Waals surface area (Å²) in [6, 6.07) is 4.68. The van der Waals surface area contributed by atoms with Crippen molar-refractivity contribution < 1.29 is 18.0 Å². The van der Waals surface area contributed by atoms with Crippen LogP contribution < -0.4 is 5.32 Å². The molecule has 0 atom stereocenters. The largest absolute Gasteiger partial charge is 0.416 e. The average molecular weight is 274 g/mol. The summed E-state index contributed by atoms with van der Waals surface area (Å²) >= 11 is 0. The topological polar surface area (TPSA) is 32.3 Å². The van der Waals surface area contributed by atoms with Gasteiger partial charge in [0.1, 0.15) is 0 Å². The van der Waals surface area contributed by atoms with Gasteiger partial charge >= 0.3 is 6.18 Å². The minimum atomic E-state index is -4.34. The van der Waals surface area contributed by atoms with Gasteiger partial charge in [-0.05, 0) is 38.1 Å². The van der Waals surface area contributed by atoms with E-state index < -0.39 is 11.7 Å². The third-order valence-corrected chi connectivity index (χ3v) is 2.82. The number of carbonyl (C=O) groups is 1. The fourth-order valence-electron chi connectivity index (χ4n) is 1.37. The van der Waals surface area contributed by atoms with Crippen LogP contribution in [0.25, 0.3) is 0 Å². The van der Waals surface area contributed by atoms with Gasteiger partial charge in [-0.1, -0.05) is 0 Å². The molecule has 1 aromatic carbocycles. The van der Waals surface area contributed by atoms with Gasteiger partial charge in [-0.3, -0.25) is 4.79 Å². The van der Waals surface area contributed by atoms with Gasteiger partial charge in [0.05, 0.1) is 12.1 Å². The maximum absolute atomic E-state index is 12.3. The van der Waals surface area contributed by atoms with Crippen LogP contribution >= 0.6 is 0 Å². The molecule has 0 aliphatic rings. The van der Waals surface area contributed by atoms with Crippen molar-refractivity contribution >= 4 is 11.6 Å². The van der Waals surface area contributed by atoms with Crippen LogP contribution in [0.4, 0.5) is 18.9 Å². The van der Waals surface area contributed by atoms with E-state index >= 15 is 0 Å². The average Bonchev–Trinajstić information content (AvgIpc) is 2.34. The number of likely N-dealkylation sites (N-methyl/N-ethyl adjacent to an activating group) is 1. The van der Waals surface area contributed by atoms with Crippen LogP contribution in [0.15, 0.2) is 24.3 Å². The number of alkyl halides is 3.